The molecule has 1 saturated heterocycles. The molecule has 0 spiro atoms. The van der Waals surface area contributed by atoms with Crippen LogP contribution in [-0.2, 0) is 16.0 Å². The lowest BCUT2D eigenvalue weighted by molar-refractivity contribution is -0.138. The summed E-state index contributed by atoms with van der Waals surface area (Å²) < 4.78 is 16.7. The minimum absolute atomic E-state index is 0.124. The third kappa shape index (κ3) is 3.19. The lowest BCUT2D eigenvalue weighted by Crippen LogP contribution is -2.56. The average Bonchev–Trinajstić information content (AvgIpc) is 3.17. The van der Waals surface area contributed by atoms with Crippen molar-refractivity contribution in [1.82, 2.24) is 15.1 Å². The van der Waals surface area contributed by atoms with Crippen molar-refractivity contribution in [1.29, 1.82) is 0 Å². The van der Waals surface area contributed by atoms with Crippen LogP contribution in [0.15, 0.2) is 11.1 Å². The van der Waals surface area contributed by atoms with Gasteiger partial charge in [0.1, 0.15) is 0 Å². The summed E-state index contributed by atoms with van der Waals surface area (Å²) in [5, 5.41) is 2.14. The van der Waals surface area contributed by atoms with Crippen molar-refractivity contribution in [3.8, 4) is 17.2 Å². The SMILES string of the molecule is COc1c2c(cc3c1[C@H](CN=CC1C(=O)NC(=O)N(C)C1=O)N(C)CC3)OCO2. The molecule has 0 aromatic heterocycles. The number of likely N-dealkylation sites (N-methyl/N-ethyl adjacent to an activating group) is 1. The van der Waals surface area contributed by atoms with E-state index in [1.165, 1.54) is 13.3 Å². The van der Waals surface area contributed by atoms with Crippen LogP contribution in [0.2, 0.25) is 0 Å². The fourth-order valence-corrected chi connectivity index (χ4v) is 3.84. The first-order valence-electron chi connectivity index (χ1n) is 9.24. The Morgan fingerprint density at radius 3 is 2.86 bits per heavy atom. The molecule has 1 aromatic rings. The molecule has 1 fully saturated rings. The van der Waals surface area contributed by atoms with Gasteiger partial charge < -0.3 is 14.2 Å². The van der Waals surface area contributed by atoms with Crippen LogP contribution >= 0.6 is 0 Å². The van der Waals surface area contributed by atoms with E-state index in [-0.39, 0.29) is 12.8 Å². The maximum atomic E-state index is 12.2. The second-order valence-corrected chi connectivity index (χ2v) is 7.15. The first-order chi connectivity index (χ1) is 13.9. The van der Waals surface area contributed by atoms with Crippen molar-refractivity contribution < 1.29 is 28.6 Å². The predicted molar refractivity (Wildman–Crippen MR) is 101 cm³/mol. The first-order valence-corrected chi connectivity index (χ1v) is 9.24. The number of carbonyl (C=O) groups excluding carboxylic acids is 3. The Morgan fingerprint density at radius 2 is 2.10 bits per heavy atom. The molecule has 1 unspecified atom stereocenters. The van der Waals surface area contributed by atoms with Gasteiger partial charge in [-0.2, -0.15) is 0 Å². The number of barbiturate groups is 1. The van der Waals surface area contributed by atoms with Crippen LogP contribution < -0.4 is 19.5 Å². The molecule has 0 aliphatic carbocycles. The number of urea groups is 1. The van der Waals surface area contributed by atoms with Crippen LogP contribution in [0.1, 0.15) is 17.2 Å². The van der Waals surface area contributed by atoms with E-state index >= 15 is 0 Å². The summed E-state index contributed by atoms with van der Waals surface area (Å²) in [6.07, 6.45) is 2.14. The monoisotopic (exact) mass is 402 g/mol. The molecule has 3 heterocycles. The van der Waals surface area contributed by atoms with Gasteiger partial charge in [-0.05, 0) is 25.1 Å². The van der Waals surface area contributed by atoms with Crippen molar-refractivity contribution in [3.05, 3.63) is 17.2 Å². The van der Waals surface area contributed by atoms with Gasteiger partial charge in [-0.25, -0.2) is 4.79 Å². The molecular formula is C19H22N4O6. The summed E-state index contributed by atoms with van der Waals surface area (Å²) in [5.74, 6) is -0.508. The predicted octanol–water partition coefficient (Wildman–Crippen LogP) is 0.348. The Kier molecular flexibility index (Phi) is 4.87. The summed E-state index contributed by atoms with van der Waals surface area (Å²) in [4.78, 5) is 43.1. The van der Waals surface area contributed by atoms with Crippen molar-refractivity contribution in [2.24, 2.45) is 10.9 Å². The molecule has 0 radical (unpaired) electrons. The maximum absolute atomic E-state index is 12.2. The van der Waals surface area contributed by atoms with E-state index in [0.29, 0.717) is 23.8 Å². The standard InChI is InChI=1S/C19H22N4O6/c1-22-5-4-10-6-13-15(29-9-28-13)16(27-3)14(10)12(22)8-20-7-11-17(24)21-19(26)23(2)18(11)25/h6-7,11-12H,4-5,8-9H2,1-3H3,(H,21,24,26)/t11?,12-/m0/s1. The quantitative estimate of drug-likeness (QED) is 0.572. The fourth-order valence-electron chi connectivity index (χ4n) is 3.84. The van der Waals surface area contributed by atoms with Crippen molar-refractivity contribution in [2.75, 3.05) is 41.1 Å². The number of aliphatic imine (C=N–C) groups is 1. The highest BCUT2D eigenvalue weighted by Gasteiger charge is 2.38. The number of ether oxygens (including phenoxy) is 3. The molecule has 4 rings (SSSR count). The fraction of sp³-hybridized carbons (Fsp3) is 0.474. The van der Waals surface area contributed by atoms with Gasteiger partial charge in [-0.3, -0.25) is 29.7 Å². The summed E-state index contributed by atoms with van der Waals surface area (Å²) in [5.41, 5.74) is 2.07. The van der Waals surface area contributed by atoms with Gasteiger partial charge in [-0.1, -0.05) is 0 Å². The van der Waals surface area contributed by atoms with Gasteiger partial charge in [-0.15, -0.1) is 0 Å². The Morgan fingerprint density at radius 1 is 1.31 bits per heavy atom. The molecule has 29 heavy (non-hydrogen) atoms. The van der Waals surface area contributed by atoms with Crippen molar-refractivity contribution in [3.63, 3.8) is 0 Å². The van der Waals surface area contributed by atoms with Gasteiger partial charge in [0.25, 0.3) is 0 Å². The number of nitrogens with one attached hydrogen (secondary N) is 1. The van der Waals surface area contributed by atoms with Crippen molar-refractivity contribution >= 4 is 24.1 Å². The molecule has 3 aliphatic heterocycles. The Balaban J connectivity index is 1.60. The molecular weight excluding hydrogens is 380 g/mol. The van der Waals surface area contributed by atoms with Crippen LogP contribution in [0, 0.1) is 5.92 Å². The van der Waals surface area contributed by atoms with Gasteiger partial charge in [0, 0.05) is 25.4 Å². The van der Waals surface area contributed by atoms with E-state index < -0.39 is 23.8 Å². The minimum Gasteiger partial charge on any atom is -0.492 e. The third-order valence-corrected chi connectivity index (χ3v) is 5.49. The highest BCUT2D eigenvalue weighted by molar-refractivity contribution is 6.23. The van der Waals surface area contributed by atoms with E-state index in [9.17, 15) is 14.4 Å². The molecule has 4 amide bonds. The van der Waals surface area contributed by atoms with Gasteiger partial charge in [0.2, 0.25) is 24.4 Å². The first kappa shape index (κ1) is 19.2. The zero-order chi connectivity index (χ0) is 20.7. The van der Waals surface area contributed by atoms with E-state index in [1.807, 2.05) is 13.1 Å². The third-order valence-electron chi connectivity index (χ3n) is 5.49. The maximum Gasteiger partial charge on any atom is 0.330 e. The van der Waals surface area contributed by atoms with Crippen LogP contribution in [0.25, 0.3) is 0 Å². The number of rotatable bonds is 4. The lowest BCUT2D eigenvalue weighted by atomic mass is 9.91. The minimum atomic E-state index is -1.12. The second-order valence-electron chi connectivity index (χ2n) is 7.15. The molecule has 0 bridgehead atoms. The normalized spacial score (nSPS) is 24.1. The number of fused-ring (bicyclic) bond motifs is 2. The summed E-state index contributed by atoms with van der Waals surface area (Å²) >= 11 is 0. The van der Waals surface area contributed by atoms with Gasteiger partial charge in [0.15, 0.2) is 17.4 Å². The van der Waals surface area contributed by atoms with Crippen LogP contribution in [0.4, 0.5) is 4.79 Å². The van der Waals surface area contributed by atoms with E-state index in [1.54, 1.807) is 7.11 Å². The van der Waals surface area contributed by atoms with E-state index in [4.69, 9.17) is 14.2 Å². The Labute approximate surface area is 167 Å². The summed E-state index contributed by atoms with van der Waals surface area (Å²) in [7, 11) is 4.89. The summed E-state index contributed by atoms with van der Waals surface area (Å²) in [6, 6.07) is 1.12. The lowest BCUT2D eigenvalue weighted by Gasteiger charge is -2.35. The molecule has 0 saturated carbocycles. The average molecular weight is 402 g/mol. The topological polar surface area (TPSA) is 110 Å². The zero-order valence-electron chi connectivity index (χ0n) is 16.4. The number of methoxy groups -OCH3 is 1. The smallest absolute Gasteiger partial charge is 0.330 e. The summed E-state index contributed by atoms with van der Waals surface area (Å²) in [6.45, 7) is 1.28. The van der Waals surface area contributed by atoms with Crippen LogP contribution in [-0.4, -0.2) is 74.9 Å². The molecule has 10 heteroatoms. The number of nitrogens with zero attached hydrogens (tertiary/aromatic N) is 3. The van der Waals surface area contributed by atoms with Crippen LogP contribution in [0.5, 0.6) is 17.2 Å². The number of amides is 4. The number of benzene rings is 1. The molecule has 10 nitrogen and oxygen atoms in total. The number of imide groups is 2. The second kappa shape index (κ2) is 7.36. The van der Waals surface area contributed by atoms with Gasteiger partial charge in [0.05, 0.1) is 19.7 Å². The van der Waals surface area contributed by atoms with Gasteiger partial charge >= 0.3 is 6.03 Å². The van der Waals surface area contributed by atoms with Crippen LogP contribution in [0.3, 0.4) is 0 Å². The van der Waals surface area contributed by atoms with Crippen molar-refractivity contribution in [2.45, 2.75) is 12.5 Å². The molecule has 3 aliphatic rings. The number of hydrogen-bond donors (Lipinski definition) is 1. The van der Waals surface area contributed by atoms with E-state index in [2.05, 4.69) is 15.2 Å². The molecule has 2 atom stereocenters. The largest absolute Gasteiger partial charge is 0.492 e. The highest BCUT2D eigenvalue weighted by atomic mass is 16.7. The Bertz CT molecular complexity index is 914. The molecule has 154 valence electrons. The Hall–Kier alpha value is -3.14. The number of hydrogen-bond acceptors (Lipinski definition) is 8. The molecule has 1 N–H and O–H groups in total. The van der Waals surface area contributed by atoms with E-state index in [0.717, 1.165) is 29.0 Å². The number of carbonyl (C=O) groups is 3. The highest BCUT2D eigenvalue weighted by Crippen LogP contribution is 2.49. The molecule has 1 aromatic carbocycles. The zero-order valence-corrected chi connectivity index (χ0v) is 16.4.